The molecule has 0 fully saturated rings. The Hall–Kier alpha value is -1.85. The summed E-state index contributed by atoms with van der Waals surface area (Å²) in [6.07, 6.45) is 0. The summed E-state index contributed by atoms with van der Waals surface area (Å²) in [7, 11) is 1.54. The van der Waals surface area contributed by atoms with Crippen LogP contribution in [0.25, 0.3) is 0 Å². The lowest BCUT2D eigenvalue weighted by molar-refractivity contribution is 0.284. The first-order chi connectivity index (χ1) is 13.9. The van der Waals surface area contributed by atoms with Crippen molar-refractivity contribution in [1.29, 1.82) is 0 Å². The average Bonchev–Trinajstić information content (AvgIpc) is 2.69. The van der Waals surface area contributed by atoms with Gasteiger partial charge in [-0.3, -0.25) is 0 Å². The molecule has 0 amide bonds. The van der Waals surface area contributed by atoms with Crippen molar-refractivity contribution in [2.24, 2.45) is 0 Å². The van der Waals surface area contributed by atoms with E-state index in [9.17, 15) is 4.39 Å². The Morgan fingerprint density at radius 1 is 0.862 bits per heavy atom. The second-order valence-corrected chi connectivity index (χ2v) is 7.69. The normalized spacial score (nSPS) is 10.7. The van der Waals surface area contributed by atoms with Crippen LogP contribution in [0.15, 0.2) is 48.5 Å². The molecule has 3 aromatic carbocycles. The minimum Gasteiger partial charge on any atom is -0.493 e. The zero-order chi connectivity index (χ0) is 21.0. The summed E-state index contributed by atoms with van der Waals surface area (Å²) in [5, 5.41) is 4.70. The van der Waals surface area contributed by atoms with Gasteiger partial charge < -0.3 is 14.8 Å². The van der Waals surface area contributed by atoms with E-state index in [2.05, 4.69) is 5.32 Å². The Balaban J connectivity index is 1.75. The molecule has 0 aliphatic rings. The monoisotopic (exact) mass is 473 g/mol. The summed E-state index contributed by atoms with van der Waals surface area (Å²) in [6, 6.07) is 13.1. The molecule has 8 heteroatoms. The maximum atomic E-state index is 13.3. The number of benzene rings is 3. The van der Waals surface area contributed by atoms with Gasteiger partial charge in [-0.25, -0.2) is 4.39 Å². The Labute approximate surface area is 188 Å². The van der Waals surface area contributed by atoms with Gasteiger partial charge in [0.15, 0.2) is 11.5 Å². The van der Waals surface area contributed by atoms with E-state index in [0.717, 1.165) is 5.56 Å². The fourth-order valence-corrected chi connectivity index (χ4v) is 3.52. The van der Waals surface area contributed by atoms with Crippen LogP contribution in [0.1, 0.15) is 11.1 Å². The van der Waals surface area contributed by atoms with Gasteiger partial charge in [0.05, 0.1) is 12.1 Å². The molecule has 0 saturated heterocycles. The third-order valence-corrected chi connectivity index (χ3v) is 5.52. The lowest BCUT2D eigenvalue weighted by atomic mass is 10.2. The molecule has 1 N–H and O–H groups in total. The van der Waals surface area contributed by atoms with Gasteiger partial charge in [-0.05, 0) is 42.0 Å². The van der Waals surface area contributed by atoms with Crippen LogP contribution in [0.5, 0.6) is 11.5 Å². The average molecular weight is 475 g/mol. The zero-order valence-electron chi connectivity index (χ0n) is 15.2. The maximum Gasteiger partial charge on any atom is 0.163 e. The van der Waals surface area contributed by atoms with Crippen LogP contribution in [-0.2, 0) is 13.2 Å². The van der Waals surface area contributed by atoms with Gasteiger partial charge in [-0.15, -0.1) is 0 Å². The van der Waals surface area contributed by atoms with Crippen molar-refractivity contribution in [1.82, 2.24) is 0 Å². The number of anilines is 1. The van der Waals surface area contributed by atoms with Crippen LogP contribution >= 0.6 is 46.4 Å². The van der Waals surface area contributed by atoms with E-state index < -0.39 is 5.82 Å². The second-order valence-electron chi connectivity index (χ2n) is 6.07. The summed E-state index contributed by atoms with van der Waals surface area (Å²) >= 11 is 24.6. The molecular weight excluding hydrogens is 459 g/mol. The van der Waals surface area contributed by atoms with Gasteiger partial charge in [0, 0.05) is 38.9 Å². The van der Waals surface area contributed by atoms with E-state index >= 15 is 0 Å². The van der Waals surface area contributed by atoms with Crippen LogP contribution in [0, 0.1) is 5.82 Å². The number of halogens is 5. The number of rotatable bonds is 7. The van der Waals surface area contributed by atoms with E-state index in [0.29, 0.717) is 44.4 Å². The maximum absolute atomic E-state index is 13.3. The number of hydrogen-bond donors (Lipinski definition) is 1. The van der Waals surface area contributed by atoms with Crippen LogP contribution in [0.4, 0.5) is 10.1 Å². The van der Waals surface area contributed by atoms with Crippen molar-refractivity contribution in [3.8, 4) is 11.5 Å². The van der Waals surface area contributed by atoms with Crippen molar-refractivity contribution in [2.75, 3.05) is 12.4 Å². The first-order valence-electron chi connectivity index (χ1n) is 8.50. The lowest BCUT2D eigenvalue weighted by Crippen LogP contribution is -2.03. The molecule has 29 heavy (non-hydrogen) atoms. The van der Waals surface area contributed by atoms with Gasteiger partial charge in [-0.2, -0.15) is 0 Å². The number of nitrogens with one attached hydrogen (secondary N) is 1. The highest BCUT2D eigenvalue weighted by Gasteiger charge is 2.13. The molecule has 152 valence electrons. The fraction of sp³-hybridized carbons (Fsp3) is 0.143. The molecule has 0 heterocycles. The minimum atomic E-state index is -0.475. The van der Waals surface area contributed by atoms with Crippen LogP contribution in [0.3, 0.4) is 0 Å². The number of ether oxygens (including phenoxy) is 2. The Morgan fingerprint density at radius 3 is 2.24 bits per heavy atom. The van der Waals surface area contributed by atoms with Crippen LogP contribution < -0.4 is 14.8 Å². The third kappa shape index (κ3) is 5.40. The molecular formula is C21H16Cl4FNO2. The summed E-state index contributed by atoms with van der Waals surface area (Å²) in [6.45, 7) is 0.546. The van der Waals surface area contributed by atoms with Crippen molar-refractivity contribution < 1.29 is 13.9 Å². The SMILES string of the molecule is COc1cc(CNc2ccc(F)c(Cl)c2)c(Cl)cc1OCc1c(Cl)cccc1Cl. The first-order valence-corrected chi connectivity index (χ1v) is 10.0. The fourth-order valence-electron chi connectivity index (χ4n) is 2.61. The molecule has 3 nitrogen and oxygen atoms in total. The zero-order valence-corrected chi connectivity index (χ0v) is 18.3. The molecule has 0 bridgehead atoms. The molecule has 3 rings (SSSR count). The predicted octanol–water partition coefficient (Wildman–Crippen LogP) is 7.64. The first kappa shape index (κ1) is 21.8. The van der Waals surface area contributed by atoms with Gasteiger partial charge in [0.2, 0.25) is 0 Å². The molecule has 0 unspecified atom stereocenters. The summed E-state index contributed by atoms with van der Waals surface area (Å²) in [5.74, 6) is 0.491. The van der Waals surface area contributed by atoms with Crippen molar-refractivity contribution in [3.05, 3.63) is 85.6 Å². The van der Waals surface area contributed by atoms with Crippen molar-refractivity contribution >= 4 is 52.1 Å². The largest absolute Gasteiger partial charge is 0.493 e. The van der Waals surface area contributed by atoms with E-state index in [1.807, 2.05) is 0 Å². The Morgan fingerprint density at radius 2 is 1.59 bits per heavy atom. The quantitative estimate of drug-likeness (QED) is 0.381. The van der Waals surface area contributed by atoms with Gasteiger partial charge in [0.1, 0.15) is 12.4 Å². The number of methoxy groups -OCH3 is 1. The molecule has 0 aliphatic carbocycles. The topological polar surface area (TPSA) is 30.5 Å². The van der Waals surface area contributed by atoms with E-state index in [-0.39, 0.29) is 11.6 Å². The molecule has 0 spiro atoms. The second kappa shape index (κ2) is 9.77. The smallest absolute Gasteiger partial charge is 0.163 e. The summed E-state index contributed by atoms with van der Waals surface area (Å²) in [5.41, 5.74) is 2.11. The standard InChI is InChI=1S/C21H16Cl4FNO2/c1-28-20-7-12(10-27-13-5-6-19(26)18(25)8-13)17(24)9-21(20)29-11-14-15(22)3-2-4-16(14)23/h2-9,27H,10-11H2,1H3. The summed E-state index contributed by atoms with van der Waals surface area (Å²) < 4.78 is 24.6. The van der Waals surface area contributed by atoms with Gasteiger partial charge >= 0.3 is 0 Å². The molecule has 0 aliphatic heterocycles. The molecule has 0 aromatic heterocycles. The highest BCUT2D eigenvalue weighted by molar-refractivity contribution is 6.36. The van der Waals surface area contributed by atoms with E-state index in [4.69, 9.17) is 55.9 Å². The van der Waals surface area contributed by atoms with E-state index in [1.54, 1.807) is 36.4 Å². The number of hydrogen-bond acceptors (Lipinski definition) is 3. The van der Waals surface area contributed by atoms with Crippen molar-refractivity contribution in [2.45, 2.75) is 13.2 Å². The highest BCUT2D eigenvalue weighted by Crippen LogP contribution is 2.35. The Bertz CT molecular complexity index is 1010. The van der Waals surface area contributed by atoms with Crippen LogP contribution in [0.2, 0.25) is 20.1 Å². The summed E-state index contributed by atoms with van der Waals surface area (Å²) in [4.78, 5) is 0. The van der Waals surface area contributed by atoms with Gasteiger partial charge in [-0.1, -0.05) is 52.5 Å². The molecule has 0 saturated carbocycles. The Kier molecular flexibility index (Phi) is 7.36. The molecule has 0 atom stereocenters. The van der Waals surface area contributed by atoms with Crippen LogP contribution in [-0.4, -0.2) is 7.11 Å². The van der Waals surface area contributed by atoms with E-state index in [1.165, 1.54) is 19.2 Å². The molecule has 0 radical (unpaired) electrons. The van der Waals surface area contributed by atoms with Crippen molar-refractivity contribution in [3.63, 3.8) is 0 Å². The van der Waals surface area contributed by atoms with Gasteiger partial charge in [0.25, 0.3) is 0 Å². The third-order valence-electron chi connectivity index (χ3n) is 4.17. The molecule has 3 aromatic rings. The highest BCUT2D eigenvalue weighted by atomic mass is 35.5. The minimum absolute atomic E-state index is 0.0423. The lowest BCUT2D eigenvalue weighted by Gasteiger charge is -2.15. The predicted molar refractivity (Wildman–Crippen MR) is 118 cm³/mol.